The van der Waals surface area contributed by atoms with E-state index in [0.717, 1.165) is 4.57 Å². The zero-order valence-electron chi connectivity index (χ0n) is 13.6. The predicted octanol–water partition coefficient (Wildman–Crippen LogP) is -1.92. The van der Waals surface area contributed by atoms with Gasteiger partial charge in [0.15, 0.2) is 17.4 Å². The molecule has 0 aromatic carbocycles. The summed E-state index contributed by atoms with van der Waals surface area (Å²) in [5, 5.41) is 29.4. The van der Waals surface area contributed by atoms with Crippen LogP contribution in [0.3, 0.4) is 0 Å². The third kappa shape index (κ3) is 2.61. The average Bonchev–Trinajstić information content (AvgIpc) is 3.10. The normalized spacial score (nSPS) is 26.6. The minimum absolute atomic E-state index is 0.00559. The molecule has 1 aliphatic rings. The Morgan fingerprint density at radius 1 is 1.40 bits per heavy atom. The molecule has 1 aliphatic heterocycles. The monoisotopic (exact) mass is 353 g/mol. The van der Waals surface area contributed by atoms with Gasteiger partial charge in [0.25, 0.3) is 0 Å². The largest absolute Gasteiger partial charge is 0.394 e. The van der Waals surface area contributed by atoms with Crippen molar-refractivity contribution in [2.45, 2.75) is 38.4 Å². The number of aliphatic hydroxyl groups is 3. The number of hydrogen-bond acceptors (Lipinski definition) is 9. The van der Waals surface area contributed by atoms with Gasteiger partial charge < -0.3 is 25.8 Å². The summed E-state index contributed by atoms with van der Waals surface area (Å²) in [6.07, 6.45) is -3.73. The van der Waals surface area contributed by atoms with Gasteiger partial charge in [0.05, 0.1) is 12.9 Å². The Bertz CT molecular complexity index is 874. The zero-order valence-corrected chi connectivity index (χ0v) is 13.6. The number of imidazole rings is 1. The van der Waals surface area contributed by atoms with Crippen LogP contribution in [0.15, 0.2) is 11.1 Å². The molecule has 136 valence electrons. The molecule has 5 N–H and O–H groups in total. The summed E-state index contributed by atoms with van der Waals surface area (Å²) in [5.74, 6) is -1.20. The molecule has 0 saturated carbocycles. The van der Waals surface area contributed by atoms with Gasteiger partial charge >= 0.3 is 5.56 Å². The van der Waals surface area contributed by atoms with Crippen LogP contribution in [0.1, 0.15) is 24.9 Å². The molecule has 4 unspecified atom stereocenters. The van der Waals surface area contributed by atoms with E-state index in [0.29, 0.717) is 0 Å². The average molecular weight is 353 g/mol. The summed E-state index contributed by atoms with van der Waals surface area (Å²) in [5.41, 5.74) is 4.92. The van der Waals surface area contributed by atoms with Crippen molar-refractivity contribution in [3.05, 3.63) is 16.7 Å². The van der Waals surface area contributed by atoms with Crippen molar-refractivity contribution in [2.75, 3.05) is 12.3 Å². The van der Waals surface area contributed by atoms with Gasteiger partial charge in [0, 0.05) is 5.92 Å². The van der Waals surface area contributed by atoms with Crippen LogP contribution < -0.4 is 11.3 Å². The first kappa shape index (κ1) is 17.5. The summed E-state index contributed by atoms with van der Waals surface area (Å²) < 4.78 is 7.71. The van der Waals surface area contributed by atoms with Crippen molar-refractivity contribution in [1.29, 1.82) is 0 Å². The molecule has 3 heterocycles. The topological polar surface area (TPSA) is 166 Å². The van der Waals surface area contributed by atoms with Crippen LogP contribution in [0.2, 0.25) is 0 Å². The van der Waals surface area contributed by atoms with Crippen molar-refractivity contribution in [3.63, 3.8) is 0 Å². The Hall–Kier alpha value is -2.34. The van der Waals surface area contributed by atoms with Crippen LogP contribution in [0.5, 0.6) is 0 Å². The number of hydrogen-bond donors (Lipinski definition) is 4. The highest BCUT2D eigenvalue weighted by molar-refractivity contribution is 5.91. The fourth-order valence-corrected chi connectivity index (χ4v) is 2.81. The fourth-order valence-electron chi connectivity index (χ4n) is 2.81. The van der Waals surface area contributed by atoms with Gasteiger partial charge in [-0.3, -0.25) is 14.2 Å². The molecule has 0 amide bonds. The summed E-state index contributed by atoms with van der Waals surface area (Å²) in [4.78, 5) is 32.1. The minimum atomic E-state index is -1.40. The first-order chi connectivity index (χ1) is 11.8. The lowest BCUT2D eigenvalue weighted by molar-refractivity contribution is -0.0512. The number of aromatic nitrogens is 4. The highest BCUT2D eigenvalue weighted by atomic mass is 16.6. The van der Waals surface area contributed by atoms with E-state index < -0.39 is 48.5 Å². The van der Waals surface area contributed by atoms with Crippen molar-refractivity contribution < 1.29 is 24.9 Å². The van der Waals surface area contributed by atoms with E-state index in [1.807, 2.05) is 0 Å². The first-order valence-electron chi connectivity index (χ1n) is 7.69. The number of aliphatic hydroxyl groups excluding tert-OH is 3. The Balaban J connectivity index is 2.24. The maximum atomic E-state index is 12.5. The van der Waals surface area contributed by atoms with Crippen LogP contribution in [-0.4, -0.2) is 65.2 Å². The van der Waals surface area contributed by atoms with Gasteiger partial charge in [-0.15, -0.1) is 0 Å². The lowest BCUT2D eigenvalue weighted by Crippen LogP contribution is -2.33. The van der Waals surface area contributed by atoms with E-state index in [-0.39, 0.29) is 17.1 Å². The highest BCUT2D eigenvalue weighted by Crippen LogP contribution is 2.31. The standard InChI is InChI=1S/C14H19N5O6/c1-5(2)12(24)19-11-7(10(23)17-14(19)15)16-4-18(11)13-9(22)8(21)6(3-20)25-13/h4-6,8-9,13,20-22H,3H2,1-2H3,(H2,15,17,23). The van der Waals surface area contributed by atoms with Gasteiger partial charge in [-0.1, -0.05) is 13.8 Å². The number of nitrogens with zero attached hydrogens (tertiary/aromatic N) is 4. The molecule has 1 fully saturated rings. The van der Waals surface area contributed by atoms with Crippen molar-refractivity contribution >= 4 is 23.0 Å². The molecule has 0 radical (unpaired) electrons. The number of nitrogens with two attached hydrogens (primary N) is 1. The number of anilines is 1. The molecule has 11 nitrogen and oxygen atoms in total. The number of nitrogen functional groups attached to an aromatic ring is 1. The van der Waals surface area contributed by atoms with E-state index in [9.17, 15) is 24.9 Å². The highest BCUT2D eigenvalue weighted by Gasteiger charge is 2.44. The molecule has 0 aliphatic carbocycles. The molecule has 11 heteroatoms. The summed E-state index contributed by atoms with van der Waals surface area (Å²) in [6, 6.07) is 0. The second kappa shape index (κ2) is 6.19. The van der Waals surface area contributed by atoms with E-state index in [4.69, 9.17) is 10.5 Å². The molecule has 25 heavy (non-hydrogen) atoms. The summed E-state index contributed by atoms with van der Waals surface area (Å²) >= 11 is 0. The van der Waals surface area contributed by atoms with Crippen molar-refractivity contribution in [3.8, 4) is 0 Å². The van der Waals surface area contributed by atoms with Crippen LogP contribution in [-0.2, 0) is 4.74 Å². The van der Waals surface area contributed by atoms with E-state index in [1.54, 1.807) is 13.8 Å². The maximum absolute atomic E-state index is 12.5. The minimum Gasteiger partial charge on any atom is -0.394 e. The first-order valence-corrected chi connectivity index (χ1v) is 7.69. The molecule has 1 saturated heterocycles. The van der Waals surface area contributed by atoms with Crippen molar-refractivity contribution in [1.82, 2.24) is 19.1 Å². The quantitative estimate of drug-likeness (QED) is 0.492. The molecular formula is C14H19N5O6. The molecule has 4 atom stereocenters. The third-order valence-electron chi connectivity index (χ3n) is 4.13. The van der Waals surface area contributed by atoms with Gasteiger partial charge in [-0.05, 0) is 0 Å². The molecule has 0 bridgehead atoms. The van der Waals surface area contributed by atoms with E-state index in [1.165, 1.54) is 10.9 Å². The molecule has 2 aromatic rings. The van der Waals surface area contributed by atoms with Crippen LogP contribution in [0, 0.1) is 5.92 Å². The number of rotatable bonds is 3. The number of ether oxygens (including phenoxy) is 1. The van der Waals surface area contributed by atoms with Crippen LogP contribution in [0.25, 0.3) is 11.2 Å². The van der Waals surface area contributed by atoms with Gasteiger partial charge in [-0.25, -0.2) is 9.55 Å². The Morgan fingerprint density at radius 2 is 2.08 bits per heavy atom. The molecular weight excluding hydrogens is 334 g/mol. The number of carbonyl (C=O) groups is 1. The van der Waals surface area contributed by atoms with Gasteiger partial charge in [0.2, 0.25) is 11.9 Å². The second-order valence-electron chi connectivity index (χ2n) is 6.16. The van der Waals surface area contributed by atoms with Crippen LogP contribution >= 0.6 is 0 Å². The Kier molecular flexibility index (Phi) is 4.33. The molecule has 2 aromatic heterocycles. The SMILES string of the molecule is CC(C)C(=O)n1c(N)nc(=O)c2ncn(C3OC(CO)C(O)C3O)c21. The summed E-state index contributed by atoms with van der Waals surface area (Å²) in [7, 11) is 0. The number of fused-ring (bicyclic) bond motifs is 1. The fraction of sp³-hybridized carbons (Fsp3) is 0.571. The van der Waals surface area contributed by atoms with E-state index in [2.05, 4.69) is 9.97 Å². The Morgan fingerprint density at radius 3 is 2.64 bits per heavy atom. The third-order valence-corrected chi connectivity index (χ3v) is 4.13. The van der Waals surface area contributed by atoms with Gasteiger partial charge in [0.1, 0.15) is 18.3 Å². The second-order valence-corrected chi connectivity index (χ2v) is 6.16. The van der Waals surface area contributed by atoms with Crippen LogP contribution in [0.4, 0.5) is 5.95 Å². The molecule has 3 rings (SSSR count). The number of carbonyl (C=O) groups excluding carboxylic acids is 1. The smallest absolute Gasteiger partial charge is 0.302 e. The lowest BCUT2D eigenvalue weighted by atomic mass is 10.1. The molecule has 0 spiro atoms. The predicted molar refractivity (Wildman–Crippen MR) is 84.7 cm³/mol. The maximum Gasteiger partial charge on any atom is 0.302 e. The zero-order chi connectivity index (χ0) is 18.5. The Labute approximate surface area is 141 Å². The van der Waals surface area contributed by atoms with E-state index >= 15 is 0 Å². The lowest BCUT2D eigenvalue weighted by Gasteiger charge is -2.20. The van der Waals surface area contributed by atoms with Crippen molar-refractivity contribution in [2.24, 2.45) is 5.92 Å². The summed E-state index contributed by atoms with van der Waals surface area (Å²) in [6.45, 7) is 2.79. The van der Waals surface area contributed by atoms with Gasteiger partial charge in [-0.2, -0.15) is 4.98 Å².